The third-order valence-corrected chi connectivity index (χ3v) is 7.50. The summed E-state index contributed by atoms with van der Waals surface area (Å²) in [4.78, 5) is 19.4. The predicted molar refractivity (Wildman–Crippen MR) is 94.1 cm³/mol. The Morgan fingerprint density at radius 1 is 1.25 bits per heavy atom. The summed E-state index contributed by atoms with van der Waals surface area (Å²) >= 11 is 1.48. The molecule has 126 valence electrons. The van der Waals surface area contributed by atoms with Gasteiger partial charge in [0.15, 0.2) is 15.0 Å². The summed E-state index contributed by atoms with van der Waals surface area (Å²) < 4.78 is 23.7. The number of sulfone groups is 1. The number of carbonyl (C=O) groups is 1. The molecule has 7 heteroatoms. The van der Waals surface area contributed by atoms with Crippen molar-refractivity contribution in [2.24, 2.45) is 5.92 Å². The predicted octanol–water partition coefficient (Wildman–Crippen LogP) is 2.19. The highest BCUT2D eigenvalue weighted by Gasteiger charge is 2.50. The highest BCUT2D eigenvalue weighted by molar-refractivity contribution is 7.91. The molecule has 1 aromatic heterocycles. The first-order chi connectivity index (χ1) is 11.4. The average molecular weight is 362 g/mol. The molecule has 1 amide bonds. The van der Waals surface area contributed by atoms with Gasteiger partial charge in [0.1, 0.15) is 0 Å². The van der Waals surface area contributed by atoms with Gasteiger partial charge in [-0.25, -0.2) is 13.4 Å². The maximum atomic E-state index is 12.3. The van der Waals surface area contributed by atoms with E-state index in [0.717, 1.165) is 11.3 Å². The van der Waals surface area contributed by atoms with E-state index in [4.69, 9.17) is 0 Å². The number of anilines is 1. The quantitative estimate of drug-likeness (QED) is 0.839. The van der Waals surface area contributed by atoms with Crippen LogP contribution in [0.5, 0.6) is 0 Å². The number of nitrogens with zero attached hydrogens (tertiary/aromatic N) is 2. The Kier molecular flexibility index (Phi) is 3.73. The van der Waals surface area contributed by atoms with E-state index in [0.29, 0.717) is 11.6 Å². The van der Waals surface area contributed by atoms with Crippen molar-refractivity contribution in [1.82, 2.24) is 4.98 Å². The average Bonchev–Trinajstić information content (AvgIpc) is 3.14. The number of hydrogen-bond acceptors (Lipinski definition) is 5. The first-order valence-electron chi connectivity index (χ1n) is 7.94. The summed E-state index contributed by atoms with van der Waals surface area (Å²) in [6.45, 7) is 2.06. The highest BCUT2D eigenvalue weighted by Crippen LogP contribution is 2.38. The molecule has 24 heavy (non-hydrogen) atoms. The van der Waals surface area contributed by atoms with Gasteiger partial charge in [-0.05, 0) is 12.5 Å². The number of fused-ring (bicyclic) bond motifs is 1. The second kappa shape index (κ2) is 5.67. The van der Waals surface area contributed by atoms with Crippen molar-refractivity contribution in [3.63, 3.8) is 0 Å². The molecule has 0 unspecified atom stereocenters. The van der Waals surface area contributed by atoms with Gasteiger partial charge in [-0.3, -0.25) is 9.69 Å². The molecule has 4 rings (SSSR count). The van der Waals surface area contributed by atoms with Crippen LogP contribution in [-0.4, -0.2) is 36.9 Å². The van der Waals surface area contributed by atoms with Crippen LogP contribution >= 0.6 is 11.3 Å². The van der Waals surface area contributed by atoms with Crippen molar-refractivity contribution < 1.29 is 13.2 Å². The van der Waals surface area contributed by atoms with Gasteiger partial charge >= 0.3 is 0 Å². The van der Waals surface area contributed by atoms with Gasteiger partial charge < -0.3 is 0 Å². The Labute approximate surface area is 145 Å². The normalized spacial score (nSPS) is 25.2. The van der Waals surface area contributed by atoms with E-state index in [2.05, 4.69) is 36.2 Å². The number of amides is 1. The Hall–Kier alpha value is -1.73. The lowest BCUT2D eigenvalue weighted by Gasteiger charge is -2.19. The molecule has 1 aromatic carbocycles. The van der Waals surface area contributed by atoms with Crippen molar-refractivity contribution in [2.75, 3.05) is 16.4 Å². The lowest BCUT2D eigenvalue weighted by atomic mass is 10.1. The number of aryl methyl sites for hydroxylation is 1. The Morgan fingerprint density at radius 2 is 2.00 bits per heavy atom. The fourth-order valence-electron chi connectivity index (χ4n) is 3.54. The van der Waals surface area contributed by atoms with Crippen LogP contribution < -0.4 is 4.90 Å². The summed E-state index contributed by atoms with van der Waals surface area (Å²) in [5.41, 5.74) is 2.42. The third-order valence-electron chi connectivity index (χ3n) is 4.72. The van der Waals surface area contributed by atoms with Crippen molar-refractivity contribution in [2.45, 2.75) is 25.8 Å². The largest absolute Gasteiger partial charge is 0.284 e. The number of aromatic nitrogens is 1. The number of benzene rings is 1. The molecule has 2 atom stereocenters. The van der Waals surface area contributed by atoms with E-state index in [9.17, 15) is 13.2 Å². The van der Waals surface area contributed by atoms with Gasteiger partial charge in [-0.15, -0.1) is 11.3 Å². The molecule has 2 fully saturated rings. The smallest absolute Gasteiger partial charge is 0.229 e. The Morgan fingerprint density at radius 3 is 2.75 bits per heavy atom. The first-order valence-corrected chi connectivity index (χ1v) is 10.6. The molecule has 0 radical (unpaired) electrons. The zero-order valence-electron chi connectivity index (χ0n) is 13.3. The lowest BCUT2D eigenvalue weighted by Crippen LogP contribution is -2.36. The molecule has 0 aliphatic carbocycles. The molecule has 0 N–H and O–H groups in total. The number of carbonyl (C=O) groups excluding carboxylic acids is 1. The second-order valence-corrected chi connectivity index (χ2v) is 9.89. The highest BCUT2D eigenvalue weighted by atomic mass is 32.2. The second-order valence-electron chi connectivity index (χ2n) is 6.64. The van der Waals surface area contributed by atoms with E-state index >= 15 is 0 Å². The van der Waals surface area contributed by atoms with Crippen LogP contribution in [0.3, 0.4) is 0 Å². The van der Waals surface area contributed by atoms with Gasteiger partial charge in [0, 0.05) is 29.8 Å². The molecule has 2 aromatic rings. The number of thiazole rings is 1. The SMILES string of the molecule is Cc1ccc(Cc2cnc(N3C(=O)C[C@@H]4CS(=O)(=O)C[C@@H]43)s2)cc1. The molecule has 2 aliphatic heterocycles. The Bertz CT molecular complexity index is 887. The minimum Gasteiger partial charge on any atom is -0.284 e. The molecule has 2 saturated heterocycles. The minimum absolute atomic E-state index is 0.00358. The maximum absolute atomic E-state index is 12.3. The number of rotatable bonds is 3. The van der Waals surface area contributed by atoms with Gasteiger partial charge in [-0.2, -0.15) is 0 Å². The molecule has 2 aliphatic rings. The van der Waals surface area contributed by atoms with E-state index in [1.165, 1.54) is 22.5 Å². The zero-order chi connectivity index (χ0) is 16.9. The molecular weight excluding hydrogens is 344 g/mol. The monoisotopic (exact) mass is 362 g/mol. The minimum atomic E-state index is -3.03. The topological polar surface area (TPSA) is 67.3 Å². The van der Waals surface area contributed by atoms with Crippen LogP contribution in [0.2, 0.25) is 0 Å². The van der Waals surface area contributed by atoms with Gasteiger partial charge in [0.2, 0.25) is 5.91 Å². The van der Waals surface area contributed by atoms with Gasteiger partial charge in [0.05, 0.1) is 17.5 Å². The van der Waals surface area contributed by atoms with Crippen LogP contribution in [0.25, 0.3) is 0 Å². The van der Waals surface area contributed by atoms with Gasteiger partial charge in [0.25, 0.3) is 0 Å². The van der Waals surface area contributed by atoms with E-state index in [-0.39, 0.29) is 29.4 Å². The number of hydrogen-bond donors (Lipinski definition) is 0. The molecule has 5 nitrogen and oxygen atoms in total. The standard InChI is InChI=1S/C17H18N2O3S2/c1-11-2-4-12(5-3-11)6-14-8-18-17(23-14)19-15-10-24(21,22)9-13(15)7-16(19)20/h2-5,8,13,15H,6-7,9-10H2,1H3/t13-,15+/m1/s1. The molecule has 0 bridgehead atoms. The summed E-state index contributed by atoms with van der Waals surface area (Å²) in [5, 5.41) is 0.631. The van der Waals surface area contributed by atoms with Crippen molar-refractivity contribution >= 4 is 32.2 Å². The fourth-order valence-corrected chi connectivity index (χ4v) is 6.63. The van der Waals surface area contributed by atoms with Crippen LogP contribution in [0.1, 0.15) is 22.4 Å². The van der Waals surface area contributed by atoms with E-state index in [1.54, 1.807) is 11.1 Å². The van der Waals surface area contributed by atoms with Crippen LogP contribution in [-0.2, 0) is 21.1 Å². The van der Waals surface area contributed by atoms with Gasteiger partial charge in [-0.1, -0.05) is 29.8 Å². The third kappa shape index (κ3) is 2.86. The fraction of sp³-hybridized carbons (Fsp3) is 0.412. The summed E-state index contributed by atoms with van der Waals surface area (Å²) in [5.74, 6) is 0.112. The van der Waals surface area contributed by atoms with Crippen LogP contribution in [0, 0.1) is 12.8 Å². The summed E-state index contributed by atoms with van der Waals surface area (Å²) in [6.07, 6.45) is 2.88. The van der Waals surface area contributed by atoms with Crippen LogP contribution in [0.4, 0.5) is 5.13 Å². The maximum Gasteiger partial charge on any atom is 0.229 e. The molecular formula is C17H18N2O3S2. The summed E-state index contributed by atoms with van der Waals surface area (Å²) in [6, 6.07) is 8.11. The van der Waals surface area contributed by atoms with E-state index in [1.807, 2.05) is 0 Å². The van der Waals surface area contributed by atoms with Crippen molar-refractivity contribution in [3.05, 3.63) is 46.5 Å². The lowest BCUT2D eigenvalue weighted by molar-refractivity contribution is -0.117. The Balaban J connectivity index is 1.56. The molecule has 0 spiro atoms. The zero-order valence-corrected chi connectivity index (χ0v) is 14.9. The van der Waals surface area contributed by atoms with E-state index < -0.39 is 9.84 Å². The summed E-state index contributed by atoms with van der Waals surface area (Å²) in [7, 11) is -3.03. The first kappa shape index (κ1) is 15.8. The van der Waals surface area contributed by atoms with Crippen molar-refractivity contribution in [3.8, 4) is 0 Å². The van der Waals surface area contributed by atoms with Crippen molar-refractivity contribution in [1.29, 1.82) is 0 Å². The molecule has 0 saturated carbocycles. The van der Waals surface area contributed by atoms with Crippen LogP contribution in [0.15, 0.2) is 30.5 Å². The molecule has 3 heterocycles.